The first-order chi connectivity index (χ1) is 7.95. The molecule has 1 aliphatic heterocycles. The molecule has 0 aliphatic carbocycles. The maximum atomic E-state index is 5.58. The molecule has 0 radical (unpaired) electrons. The van der Waals surface area contributed by atoms with E-state index in [1.807, 2.05) is 0 Å². The molecule has 1 N–H and O–H groups in total. The van der Waals surface area contributed by atoms with Gasteiger partial charge in [-0.05, 0) is 25.8 Å². The lowest BCUT2D eigenvalue weighted by Gasteiger charge is -2.23. The van der Waals surface area contributed by atoms with Crippen LogP contribution in [0.3, 0.4) is 0 Å². The van der Waals surface area contributed by atoms with Gasteiger partial charge in [0.05, 0.1) is 18.5 Å². The van der Waals surface area contributed by atoms with E-state index in [9.17, 15) is 0 Å². The summed E-state index contributed by atoms with van der Waals surface area (Å²) in [5.74, 6) is 0. The van der Waals surface area contributed by atoms with Crippen LogP contribution in [0, 0.1) is 0 Å². The molecule has 1 aromatic heterocycles. The van der Waals surface area contributed by atoms with Crippen LogP contribution in [-0.4, -0.2) is 29.2 Å². The minimum atomic E-state index is 0. The highest BCUT2D eigenvalue weighted by atomic mass is 35.5. The van der Waals surface area contributed by atoms with E-state index >= 15 is 0 Å². The van der Waals surface area contributed by atoms with Crippen molar-refractivity contribution in [2.24, 2.45) is 0 Å². The monoisotopic (exact) mass is 257 g/mol. The van der Waals surface area contributed by atoms with Gasteiger partial charge >= 0.3 is 0 Å². The number of rotatable bonds is 5. The SMILES string of the molecule is Cl.c1cnc(COCCC2CCCCN2)cn1. The number of piperidine rings is 1. The molecular formula is C12H20ClN3O. The van der Waals surface area contributed by atoms with Crippen molar-refractivity contribution in [3.05, 3.63) is 24.3 Å². The third kappa shape index (κ3) is 5.44. The zero-order chi connectivity index (χ0) is 11.1. The zero-order valence-electron chi connectivity index (χ0n) is 9.97. The summed E-state index contributed by atoms with van der Waals surface area (Å²) in [5, 5.41) is 3.51. The first-order valence-electron chi connectivity index (χ1n) is 6.01. The molecule has 1 fully saturated rings. The molecule has 1 unspecified atom stereocenters. The highest BCUT2D eigenvalue weighted by Crippen LogP contribution is 2.10. The molecule has 1 aromatic rings. The Balaban J connectivity index is 0.00000144. The molecular weight excluding hydrogens is 238 g/mol. The van der Waals surface area contributed by atoms with Crippen LogP contribution < -0.4 is 5.32 Å². The number of ether oxygens (including phenoxy) is 1. The average molecular weight is 258 g/mol. The lowest BCUT2D eigenvalue weighted by Crippen LogP contribution is -2.34. The van der Waals surface area contributed by atoms with Gasteiger partial charge in [0.15, 0.2) is 0 Å². The van der Waals surface area contributed by atoms with Crippen molar-refractivity contribution in [3.8, 4) is 0 Å². The fraction of sp³-hybridized carbons (Fsp3) is 0.667. The molecule has 0 saturated carbocycles. The molecule has 1 atom stereocenters. The van der Waals surface area contributed by atoms with E-state index < -0.39 is 0 Å². The Morgan fingerprint density at radius 3 is 3.00 bits per heavy atom. The summed E-state index contributed by atoms with van der Waals surface area (Å²) in [5.41, 5.74) is 0.902. The summed E-state index contributed by atoms with van der Waals surface area (Å²) < 4.78 is 5.58. The van der Waals surface area contributed by atoms with Crippen molar-refractivity contribution >= 4 is 12.4 Å². The summed E-state index contributed by atoms with van der Waals surface area (Å²) in [6, 6.07) is 0.649. The number of nitrogens with zero attached hydrogens (tertiary/aromatic N) is 2. The first-order valence-corrected chi connectivity index (χ1v) is 6.01. The van der Waals surface area contributed by atoms with Crippen molar-refractivity contribution in [2.75, 3.05) is 13.2 Å². The molecule has 96 valence electrons. The second kappa shape index (κ2) is 8.39. The topological polar surface area (TPSA) is 47.0 Å². The Hall–Kier alpha value is -0.710. The normalized spacial score (nSPS) is 19.6. The van der Waals surface area contributed by atoms with Crippen LogP contribution in [0.5, 0.6) is 0 Å². The van der Waals surface area contributed by atoms with Crippen molar-refractivity contribution in [3.63, 3.8) is 0 Å². The van der Waals surface area contributed by atoms with Gasteiger partial charge in [-0.15, -0.1) is 12.4 Å². The highest BCUT2D eigenvalue weighted by molar-refractivity contribution is 5.85. The van der Waals surface area contributed by atoms with Gasteiger partial charge in [-0.1, -0.05) is 6.42 Å². The molecule has 17 heavy (non-hydrogen) atoms. The smallest absolute Gasteiger partial charge is 0.0903 e. The molecule has 1 saturated heterocycles. The molecule has 5 heteroatoms. The van der Waals surface area contributed by atoms with E-state index in [1.165, 1.54) is 19.3 Å². The van der Waals surface area contributed by atoms with Crippen LogP contribution in [0.1, 0.15) is 31.4 Å². The van der Waals surface area contributed by atoms with Gasteiger partial charge in [-0.3, -0.25) is 9.97 Å². The molecule has 2 heterocycles. The number of nitrogens with one attached hydrogen (secondary N) is 1. The van der Waals surface area contributed by atoms with Crippen LogP contribution >= 0.6 is 12.4 Å². The number of aromatic nitrogens is 2. The predicted molar refractivity (Wildman–Crippen MR) is 69.2 cm³/mol. The molecule has 0 spiro atoms. The van der Waals surface area contributed by atoms with E-state index in [4.69, 9.17) is 4.74 Å². The molecule has 0 amide bonds. The van der Waals surface area contributed by atoms with Crippen LogP contribution in [-0.2, 0) is 11.3 Å². The highest BCUT2D eigenvalue weighted by Gasteiger charge is 2.11. The van der Waals surface area contributed by atoms with E-state index in [1.54, 1.807) is 18.6 Å². The van der Waals surface area contributed by atoms with Crippen LogP contribution in [0.2, 0.25) is 0 Å². The lowest BCUT2D eigenvalue weighted by molar-refractivity contribution is 0.106. The van der Waals surface area contributed by atoms with E-state index in [-0.39, 0.29) is 12.4 Å². The van der Waals surface area contributed by atoms with Crippen molar-refractivity contribution in [2.45, 2.75) is 38.3 Å². The third-order valence-corrected chi connectivity index (χ3v) is 2.89. The second-order valence-corrected chi connectivity index (χ2v) is 4.18. The van der Waals surface area contributed by atoms with Gasteiger partial charge in [0.1, 0.15) is 0 Å². The fourth-order valence-corrected chi connectivity index (χ4v) is 1.98. The maximum Gasteiger partial charge on any atom is 0.0903 e. The first kappa shape index (κ1) is 14.4. The van der Waals surface area contributed by atoms with Gasteiger partial charge in [0.25, 0.3) is 0 Å². The predicted octanol–water partition coefficient (Wildman–Crippen LogP) is 1.95. The van der Waals surface area contributed by atoms with Gasteiger partial charge < -0.3 is 10.1 Å². The summed E-state index contributed by atoms with van der Waals surface area (Å²) in [6.45, 7) is 2.53. The minimum absolute atomic E-state index is 0. The summed E-state index contributed by atoms with van der Waals surface area (Å²) >= 11 is 0. The van der Waals surface area contributed by atoms with Crippen LogP contribution in [0.4, 0.5) is 0 Å². The van der Waals surface area contributed by atoms with Gasteiger partial charge in [-0.25, -0.2) is 0 Å². The average Bonchev–Trinajstić information content (AvgIpc) is 2.37. The van der Waals surface area contributed by atoms with Crippen molar-refractivity contribution in [1.82, 2.24) is 15.3 Å². The fourth-order valence-electron chi connectivity index (χ4n) is 1.98. The maximum absolute atomic E-state index is 5.58. The molecule has 1 aliphatic rings. The largest absolute Gasteiger partial charge is 0.375 e. The van der Waals surface area contributed by atoms with Crippen LogP contribution in [0.25, 0.3) is 0 Å². The number of hydrogen-bond donors (Lipinski definition) is 1. The van der Waals surface area contributed by atoms with E-state index in [2.05, 4.69) is 15.3 Å². The zero-order valence-corrected chi connectivity index (χ0v) is 10.8. The molecule has 2 rings (SSSR count). The lowest BCUT2D eigenvalue weighted by atomic mass is 10.0. The third-order valence-electron chi connectivity index (χ3n) is 2.89. The van der Waals surface area contributed by atoms with E-state index in [0.29, 0.717) is 12.6 Å². The minimum Gasteiger partial charge on any atom is -0.375 e. The van der Waals surface area contributed by atoms with Crippen LogP contribution in [0.15, 0.2) is 18.6 Å². The van der Waals surface area contributed by atoms with Gasteiger partial charge in [0.2, 0.25) is 0 Å². The second-order valence-electron chi connectivity index (χ2n) is 4.18. The van der Waals surface area contributed by atoms with Crippen molar-refractivity contribution < 1.29 is 4.74 Å². The Morgan fingerprint density at radius 2 is 2.29 bits per heavy atom. The molecule has 0 bridgehead atoms. The number of halogens is 1. The Morgan fingerprint density at radius 1 is 1.35 bits per heavy atom. The summed E-state index contributed by atoms with van der Waals surface area (Å²) in [7, 11) is 0. The summed E-state index contributed by atoms with van der Waals surface area (Å²) in [4.78, 5) is 8.16. The quantitative estimate of drug-likeness (QED) is 0.819. The van der Waals surface area contributed by atoms with Gasteiger partial charge in [0, 0.05) is 25.0 Å². The Labute approximate surface area is 109 Å². The molecule has 0 aromatic carbocycles. The Bertz CT molecular complexity index is 291. The number of hydrogen-bond acceptors (Lipinski definition) is 4. The summed E-state index contributed by atoms with van der Waals surface area (Å²) in [6.07, 6.45) is 10.2. The van der Waals surface area contributed by atoms with E-state index in [0.717, 1.165) is 25.3 Å². The molecule has 4 nitrogen and oxygen atoms in total. The van der Waals surface area contributed by atoms with Crippen molar-refractivity contribution in [1.29, 1.82) is 0 Å². The Kier molecular flexibility index (Phi) is 7.08. The standard InChI is InChI=1S/C12H19N3O.ClH/c1-2-5-14-11(3-1)4-8-16-10-12-9-13-6-7-15-12;/h6-7,9,11,14H,1-5,8,10H2;1H. The van der Waals surface area contributed by atoms with Gasteiger partial charge in [-0.2, -0.15) is 0 Å².